The molecule has 0 N–H and O–H groups in total. The van der Waals surface area contributed by atoms with E-state index in [2.05, 4.69) is 14.5 Å². The maximum absolute atomic E-state index is 12.3. The molecule has 1 rings (SSSR count). The van der Waals surface area contributed by atoms with Crippen LogP contribution in [0.3, 0.4) is 0 Å². The fourth-order valence-electron chi connectivity index (χ4n) is 1.38. The van der Waals surface area contributed by atoms with Gasteiger partial charge in [-0.1, -0.05) is 0 Å². The summed E-state index contributed by atoms with van der Waals surface area (Å²) in [5.41, 5.74) is 0.203. The zero-order valence-corrected chi connectivity index (χ0v) is 10.5. The van der Waals surface area contributed by atoms with Crippen molar-refractivity contribution < 1.29 is 32.2 Å². The van der Waals surface area contributed by atoms with Crippen molar-refractivity contribution in [2.45, 2.75) is 19.7 Å². The van der Waals surface area contributed by atoms with E-state index in [-0.39, 0.29) is 23.4 Å². The number of methoxy groups -OCH3 is 2. The number of ether oxygens (including phenoxy) is 3. The Morgan fingerprint density at radius 2 is 2.00 bits per heavy atom. The summed E-state index contributed by atoms with van der Waals surface area (Å²) in [6, 6.07) is 0. The number of carbonyl (C=O) groups is 1. The summed E-state index contributed by atoms with van der Waals surface area (Å²) in [6.07, 6.45) is -4.05. The molecule has 1 aromatic rings. The van der Waals surface area contributed by atoms with Crippen molar-refractivity contribution in [1.29, 1.82) is 0 Å². The first kappa shape index (κ1) is 15.1. The van der Waals surface area contributed by atoms with Gasteiger partial charge >= 0.3 is 12.3 Å². The van der Waals surface area contributed by atoms with Crippen LogP contribution < -0.4 is 9.47 Å². The van der Waals surface area contributed by atoms with E-state index in [0.29, 0.717) is 0 Å². The van der Waals surface area contributed by atoms with Crippen LogP contribution in [0.15, 0.2) is 6.20 Å². The molecule has 0 saturated carbocycles. The van der Waals surface area contributed by atoms with Gasteiger partial charge in [0.05, 0.1) is 32.5 Å². The third kappa shape index (κ3) is 4.01. The van der Waals surface area contributed by atoms with E-state index in [1.807, 2.05) is 0 Å². The molecule has 0 amide bonds. The van der Waals surface area contributed by atoms with Gasteiger partial charge in [-0.25, -0.2) is 0 Å². The largest absolute Gasteiger partial charge is 0.573 e. The highest BCUT2D eigenvalue weighted by Gasteiger charge is 2.34. The maximum atomic E-state index is 12.3. The Bertz CT molecular complexity index is 474. The van der Waals surface area contributed by atoms with Crippen molar-refractivity contribution >= 4 is 5.97 Å². The maximum Gasteiger partial charge on any atom is 0.573 e. The van der Waals surface area contributed by atoms with E-state index in [0.717, 1.165) is 6.20 Å². The predicted molar refractivity (Wildman–Crippen MR) is 57.9 cm³/mol. The smallest absolute Gasteiger partial charge is 0.491 e. The molecule has 0 aliphatic heterocycles. The summed E-state index contributed by atoms with van der Waals surface area (Å²) in [4.78, 5) is 15.0. The topological polar surface area (TPSA) is 57.7 Å². The molecule has 106 valence electrons. The molecule has 0 radical (unpaired) electrons. The zero-order valence-electron chi connectivity index (χ0n) is 10.5. The Morgan fingerprint density at radius 1 is 1.37 bits per heavy atom. The minimum absolute atomic E-state index is 0.0714. The van der Waals surface area contributed by atoms with Gasteiger partial charge in [-0.15, -0.1) is 13.2 Å². The monoisotopic (exact) mass is 279 g/mol. The van der Waals surface area contributed by atoms with E-state index in [1.165, 1.54) is 21.1 Å². The lowest BCUT2D eigenvalue weighted by molar-refractivity contribution is -0.275. The van der Waals surface area contributed by atoms with Crippen LogP contribution in [-0.2, 0) is 16.0 Å². The van der Waals surface area contributed by atoms with E-state index in [9.17, 15) is 18.0 Å². The van der Waals surface area contributed by atoms with Crippen LogP contribution in [-0.4, -0.2) is 31.5 Å². The molecule has 0 aliphatic rings. The number of esters is 1. The van der Waals surface area contributed by atoms with Crippen molar-refractivity contribution in [1.82, 2.24) is 4.98 Å². The van der Waals surface area contributed by atoms with Crippen LogP contribution in [0.4, 0.5) is 13.2 Å². The average Bonchev–Trinajstić information content (AvgIpc) is 2.32. The fraction of sp³-hybridized carbons (Fsp3) is 0.455. The van der Waals surface area contributed by atoms with Gasteiger partial charge in [-0.2, -0.15) is 0 Å². The van der Waals surface area contributed by atoms with Gasteiger partial charge in [0.2, 0.25) is 0 Å². The third-order valence-corrected chi connectivity index (χ3v) is 2.31. The number of hydrogen-bond acceptors (Lipinski definition) is 5. The Morgan fingerprint density at radius 3 is 2.47 bits per heavy atom. The van der Waals surface area contributed by atoms with Crippen LogP contribution >= 0.6 is 0 Å². The summed E-state index contributed by atoms with van der Waals surface area (Å²) < 4.78 is 50.0. The molecule has 0 spiro atoms. The van der Waals surface area contributed by atoms with Gasteiger partial charge in [-0.3, -0.25) is 9.78 Å². The van der Waals surface area contributed by atoms with Crippen LogP contribution in [0.2, 0.25) is 0 Å². The van der Waals surface area contributed by atoms with Crippen LogP contribution in [0.5, 0.6) is 11.5 Å². The van der Waals surface area contributed by atoms with E-state index in [4.69, 9.17) is 4.74 Å². The van der Waals surface area contributed by atoms with Gasteiger partial charge in [0.1, 0.15) is 0 Å². The number of nitrogens with zero attached hydrogens (tertiary/aromatic N) is 1. The van der Waals surface area contributed by atoms with Crippen molar-refractivity contribution in [2.75, 3.05) is 14.2 Å². The van der Waals surface area contributed by atoms with Gasteiger partial charge in [0.25, 0.3) is 0 Å². The van der Waals surface area contributed by atoms with Gasteiger partial charge < -0.3 is 14.2 Å². The molecular formula is C11H12F3NO4. The van der Waals surface area contributed by atoms with Crippen LogP contribution in [0.25, 0.3) is 0 Å². The third-order valence-electron chi connectivity index (χ3n) is 2.31. The fourth-order valence-corrected chi connectivity index (χ4v) is 1.38. The number of aromatic nitrogens is 1. The molecule has 0 bridgehead atoms. The number of pyridine rings is 1. The molecule has 0 aliphatic carbocycles. The molecule has 0 atom stereocenters. The number of hydrogen-bond donors (Lipinski definition) is 0. The molecule has 0 fully saturated rings. The molecule has 19 heavy (non-hydrogen) atoms. The highest BCUT2D eigenvalue weighted by Crippen LogP contribution is 2.35. The summed E-state index contributed by atoms with van der Waals surface area (Å²) >= 11 is 0. The highest BCUT2D eigenvalue weighted by molar-refractivity contribution is 5.72. The Hall–Kier alpha value is -1.99. The molecule has 8 heteroatoms. The van der Waals surface area contributed by atoms with Crippen LogP contribution in [0, 0.1) is 6.92 Å². The summed E-state index contributed by atoms with van der Waals surface area (Å²) in [5, 5.41) is 0. The van der Waals surface area contributed by atoms with Gasteiger partial charge in [-0.05, 0) is 6.92 Å². The zero-order chi connectivity index (χ0) is 14.6. The van der Waals surface area contributed by atoms with E-state index in [1.54, 1.807) is 0 Å². The Balaban J connectivity index is 3.18. The Labute approximate surface area is 107 Å². The highest BCUT2D eigenvalue weighted by atomic mass is 19.4. The first-order valence-corrected chi connectivity index (χ1v) is 5.13. The van der Waals surface area contributed by atoms with Crippen molar-refractivity contribution in [3.05, 3.63) is 17.5 Å². The Kier molecular flexibility index (Phi) is 4.57. The molecule has 5 nitrogen and oxygen atoms in total. The van der Waals surface area contributed by atoms with Gasteiger partial charge in [0.15, 0.2) is 11.5 Å². The van der Waals surface area contributed by atoms with E-state index >= 15 is 0 Å². The number of carbonyl (C=O) groups excluding carboxylic acids is 1. The van der Waals surface area contributed by atoms with Gasteiger partial charge in [0, 0.05) is 5.56 Å². The standard InChI is InChI=1S/C11H12F3NO4/c1-6-7(4-9(16)18-3)15-5-8(17-2)10(6)19-11(12,13)14/h5H,4H2,1-3H3. The summed E-state index contributed by atoms with van der Waals surface area (Å²) in [5.74, 6) is -1.29. The normalized spacial score (nSPS) is 11.1. The lowest BCUT2D eigenvalue weighted by Gasteiger charge is -2.16. The lowest BCUT2D eigenvalue weighted by Crippen LogP contribution is -2.19. The van der Waals surface area contributed by atoms with Crippen LogP contribution in [0.1, 0.15) is 11.3 Å². The second kappa shape index (κ2) is 5.77. The molecule has 0 saturated heterocycles. The predicted octanol–water partition coefficient (Wildman–Crippen LogP) is 2.01. The molecule has 0 aromatic carbocycles. The van der Waals surface area contributed by atoms with Crippen molar-refractivity contribution in [3.63, 3.8) is 0 Å². The molecule has 1 heterocycles. The second-order valence-corrected chi connectivity index (χ2v) is 3.53. The quantitative estimate of drug-likeness (QED) is 0.789. The number of halogens is 3. The van der Waals surface area contributed by atoms with Crippen molar-refractivity contribution in [2.24, 2.45) is 0 Å². The summed E-state index contributed by atoms with van der Waals surface area (Å²) in [6.45, 7) is 1.36. The molecule has 0 unspecified atom stereocenters. The number of rotatable bonds is 4. The first-order valence-electron chi connectivity index (χ1n) is 5.13. The minimum atomic E-state index is -4.86. The SMILES string of the molecule is COC(=O)Cc1ncc(OC)c(OC(F)(F)F)c1C. The van der Waals surface area contributed by atoms with E-state index < -0.39 is 18.1 Å². The van der Waals surface area contributed by atoms with Crippen molar-refractivity contribution in [3.8, 4) is 11.5 Å². The first-order chi connectivity index (χ1) is 8.78. The lowest BCUT2D eigenvalue weighted by atomic mass is 10.1. The second-order valence-electron chi connectivity index (χ2n) is 3.53. The number of alkyl halides is 3. The summed E-state index contributed by atoms with van der Waals surface area (Å²) in [7, 11) is 2.37. The minimum Gasteiger partial charge on any atom is -0.491 e. The molecular weight excluding hydrogens is 267 g/mol. The average molecular weight is 279 g/mol. The molecule has 1 aromatic heterocycles.